The fourth-order valence-electron chi connectivity index (χ4n) is 2.97. The molecule has 6 nitrogen and oxygen atoms in total. The Hall–Kier alpha value is -1.95. The highest BCUT2D eigenvalue weighted by Gasteiger charge is 2.30. The van der Waals surface area contributed by atoms with Crippen LogP contribution in [0.1, 0.15) is 36.9 Å². The number of pyridine rings is 1. The molecule has 1 atom stereocenters. The van der Waals surface area contributed by atoms with Crippen molar-refractivity contribution in [3.8, 4) is 0 Å². The third-order valence-electron chi connectivity index (χ3n) is 4.38. The first-order valence-electron chi connectivity index (χ1n) is 8.06. The van der Waals surface area contributed by atoms with Gasteiger partial charge in [0.15, 0.2) is 5.82 Å². The lowest BCUT2D eigenvalue weighted by Crippen LogP contribution is -2.23. The molecule has 2 aliphatic rings. The van der Waals surface area contributed by atoms with Gasteiger partial charge in [-0.15, -0.1) is 0 Å². The lowest BCUT2D eigenvalue weighted by molar-refractivity contribution is 0.300. The molecular weight excluding hydrogens is 278 g/mol. The molecule has 1 aliphatic carbocycles. The summed E-state index contributed by atoms with van der Waals surface area (Å²) in [6.07, 6.45) is 5.42. The van der Waals surface area contributed by atoms with Crippen molar-refractivity contribution in [3.05, 3.63) is 36.1 Å². The van der Waals surface area contributed by atoms with Crippen LogP contribution in [0.25, 0.3) is 0 Å². The third kappa shape index (κ3) is 3.27. The molecule has 1 saturated carbocycles. The molecule has 0 amide bonds. The van der Waals surface area contributed by atoms with Crippen molar-refractivity contribution < 1.29 is 4.52 Å². The first-order chi connectivity index (χ1) is 10.9. The standard InChI is InChI=1S/C16H21N5O/c1-2-7-17-14(3-1)18-9-12-6-8-21(10-12)11-15-19-16(22-20-15)13-4-5-13/h1-3,7,12-13H,4-6,8-11H2,(H,17,18). The first-order valence-corrected chi connectivity index (χ1v) is 8.06. The average molecular weight is 299 g/mol. The summed E-state index contributed by atoms with van der Waals surface area (Å²) < 4.78 is 5.32. The fraction of sp³-hybridized carbons (Fsp3) is 0.562. The van der Waals surface area contributed by atoms with E-state index < -0.39 is 0 Å². The van der Waals surface area contributed by atoms with E-state index in [0.29, 0.717) is 11.8 Å². The zero-order chi connectivity index (χ0) is 14.8. The lowest BCUT2D eigenvalue weighted by Gasteiger charge is -2.14. The molecule has 2 fully saturated rings. The third-order valence-corrected chi connectivity index (χ3v) is 4.38. The summed E-state index contributed by atoms with van der Waals surface area (Å²) in [6.45, 7) is 3.94. The van der Waals surface area contributed by atoms with E-state index in [-0.39, 0.29) is 0 Å². The number of anilines is 1. The predicted molar refractivity (Wildman–Crippen MR) is 82.4 cm³/mol. The molecule has 116 valence electrons. The Bertz CT molecular complexity index is 610. The maximum absolute atomic E-state index is 5.32. The summed E-state index contributed by atoms with van der Waals surface area (Å²) in [7, 11) is 0. The van der Waals surface area contributed by atoms with E-state index in [0.717, 1.165) is 43.7 Å². The monoisotopic (exact) mass is 299 g/mol. The maximum atomic E-state index is 5.32. The van der Waals surface area contributed by atoms with Crippen molar-refractivity contribution in [1.29, 1.82) is 0 Å². The van der Waals surface area contributed by atoms with Gasteiger partial charge in [0.25, 0.3) is 0 Å². The fourth-order valence-corrected chi connectivity index (χ4v) is 2.97. The first kappa shape index (κ1) is 13.7. The van der Waals surface area contributed by atoms with Crippen LogP contribution in [0.2, 0.25) is 0 Å². The minimum atomic E-state index is 0.537. The van der Waals surface area contributed by atoms with Crippen LogP contribution in [0.15, 0.2) is 28.9 Å². The van der Waals surface area contributed by atoms with E-state index in [4.69, 9.17) is 4.52 Å². The van der Waals surface area contributed by atoms with Gasteiger partial charge in [-0.3, -0.25) is 4.90 Å². The zero-order valence-electron chi connectivity index (χ0n) is 12.6. The summed E-state index contributed by atoms with van der Waals surface area (Å²) in [5.74, 6) is 3.81. The molecule has 22 heavy (non-hydrogen) atoms. The van der Waals surface area contributed by atoms with Gasteiger partial charge in [-0.05, 0) is 43.9 Å². The predicted octanol–water partition coefficient (Wildman–Crippen LogP) is 2.28. The number of nitrogens with zero attached hydrogens (tertiary/aromatic N) is 4. The van der Waals surface area contributed by atoms with Gasteiger partial charge in [-0.25, -0.2) is 4.98 Å². The van der Waals surface area contributed by atoms with Crippen molar-refractivity contribution in [2.24, 2.45) is 5.92 Å². The Morgan fingerprint density at radius 1 is 1.27 bits per heavy atom. The quantitative estimate of drug-likeness (QED) is 0.882. The summed E-state index contributed by atoms with van der Waals surface area (Å²) in [6, 6.07) is 5.94. The minimum absolute atomic E-state index is 0.537. The highest BCUT2D eigenvalue weighted by molar-refractivity contribution is 5.33. The molecule has 0 radical (unpaired) electrons. The van der Waals surface area contributed by atoms with Crippen LogP contribution in [-0.4, -0.2) is 39.7 Å². The summed E-state index contributed by atoms with van der Waals surface area (Å²) in [5, 5.41) is 7.52. The summed E-state index contributed by atoms with van der Waals surface area (Å²) in [4.78, 5) is 11.2. The van der Waals surface area contributed by atoms with E-state index in [1.165, 1.54) is 19.3 Å². The van der Waals surface area contributed by atoms with Crippen LogP contribution in [0.5, 0.6) is 0 Å². The second-order valence-electron chi connectivity index (χ2n) is 6.31. The average Bonchev–Trinajstić information content (AvgIpc) is 3.14. The molecule has 2 aromatic heterocycles. The highest BCUT2D eigenvalue weighted by atomic mass is 16.5. The van der Waals surface area contributed by atoms with E-state index in [1.54, 1.807) is 0 Å². The van der Waals surface area contributed by atoms with Gasteiger partial charge in [-0.1, -0.05) is 11.2 Å². The van der Waals surface area contributed by atoms with Gasteiger partial charge in [0.05, 0.1) is 6.54 Å². The zero-order valence-corrected chi connectivity index (χ0v) is 12.6. The second kappa shape index (κ2) is 6.04. The summed E-state index contributed by atoms with van der Waals surface area (Å²) >= 11 is 0. The highest BCUT2D eigenvalue weighted by Crippen LogP contribution is 2.38. The number of likely N-dealkylation sites (tertiary alicyclic amines) is 1. The Labute approximate surface area is 129 Å². The SMILES string of the molecule is c1ccc(NCC2CCN(Cc3noc(C4CC4)n3)C2)nc1. The van der Waals surface area contributed by atoms with Gasteiger partial charge < -0.3 is 9.84 Å². The second-order valence-corrected chi connectivity index (χ2v) is 6.31. The van der Waals surface area contributed by atoms with Gasteiger partial charge >= 0.3 is 0 Å². The van der Waals surface area contributed by atoms with Crippen LogP contribution in [0, 0.1) is 5.92 Å². The molecule has 3 heterocycles. The van der Waals surface area contributed by atoms with Crippen LogP contribution in [-0.2, 0) is 6.54 Å². The van der Waals surface area contributed by atoms with Crippen molar-refractivity contribution in [1.82, 2.24) is 20.0 Å². The van der Waals surface area contributed by atoms with Crippen molar-refractivity contribution >= 4 is 5.82 Å². The Balaban J connectivity index is 1.25. The van der Waals surface area contributed by atoms with Gasteiger partial charge in [-0.2, -0.15) is 4.98 Å². The van der Waals surface area contributed by atoms with E-state index >= 15 is 0 Å². The molecule has 4 rings (SSSR count). The van der Waals surface area contributed by atoms with Crippen LogP contribution in [0.3, 0.4) is 0 Å². The number of hydrogen-bond acceptors (Lipinski definition) is 6. The number of aromatic nitrogens is 3. The molecule has 0 bridgehead atoms. The Kier molecular flexibility index (Phi) is 3.76. The van der Waals surface area contributed by atoms with Gasteiger partial charge in [0.1, 0.15) is 5.82 Å². The molecule has 1 unspecified atom stereocenters. The normalized spacial score (nSPS) is 22.1. The summed E-state index contributed by atoms with van der Waals surface area (Å²) in [5.41, 5.74) is 0. The number of nitrogens with one attached hydrogen (secondary N) is 1. The Morgan fingerprint density at radius 2 is 2.23 bits per heavy atom. The van der Waals surface area contributed by atoms with Crippen molar-refractivity contribution in [2.45, 2.75) is 31.7 Å². The molecule has 2 aromatic rings. The molecule has 0 spiro atoms. The molecule has 0 aromatic carbocycles. The topological polar surface area (TPSA) is 67.1 Å². The lowest BCUT2D eigenvalue weighted by atomic mass is 10.1. The van der Waals surface area contributed by atoms with Crippen molar-refractivity contribution in [2.75, 3.05) is 25.0 Å². The number of rotatable bonds is 6. The molecule has 1 N–H and O–H groups in total. The van der Waals surface area contributed by atoms with E-state index in [1.807, 2.05) is 24.4 Å². The molecule has 6 heteroatoms. The molecule has 1 aliphatic heterocycles. The Morgan fingerprint density at radius 3 is 3.05 bits per heavy atom. The largest absolute Gasteiger partial charge is 0.370 e. The van der Waals surface area contributed by atoms with E-state index in [9.17, 15) is 0 Å². The van der Waals surface area contributed by atoms with Crippen LogP contribution >= 0.6 is 0 Å². The molecule has 1 saturated heterocycles. The number of hydrogen-bond donors (Lipinski definition) is 1. The van der Waals surface area contributed by atoms with Gasteiger partial charge in [0, 0.05) is 25.2 Å². The van der Waals surface area contributed by atoms with E-state index in [2.05, 4.69) is 25.3 Å². The van der Waals surface area contributed by atoms with Crippen LogP contribution < -0.4 is 5.32 Å². The van der Waals surface area contributed by atoms with Gasteiger partial charge in [0.2, 0.25) is 5.89 Å². The smallest absolute Gasteiger partial charge is 0.229 e. The molecular formula is C16H21N5O. The van der Waals surface area contributed by atoms with Crippen molar-refractivity contribution in [3.63, 3.8) is 0 Å². The minimum Gasteiger partial charge on any atom is -0.370 e. The maximum Gasteiger partial charge on any atom is 0.229 e. The van der Waals surface area contributed by atoms with Crippen LogP contribution in [0.4, 0.5) is 5.82 Å².